The minimum Gasteiger partial charge on any atom is -0.358 e. The van der Waals surface area contributed by atoms with Crippen LogP contribution in [0.3, 0.4) is 0 Å². The molecule has 2 aromatic rings. The van der Waals surface area contributed by atoms with Gasteiger partial charge in [0, 0.05) is 43.8 Å². The van der Waals surface area contributed by atoms with E-state index in [-0.39, 0.29) is 0 Å². The highest BCUT2D eigenvalue weighted by Crippen LogP contribution is 2.29. The predicted octanol–water partition coefficient (Wildman–Crippen LogP) is 5.09. The second-order valence-electron chi connectivity index (χ2n) is 9.24. The zero-order valence-corrected chi connectivity index (χ0v) is 20.6. The Kier molecular flexibility index (Phi) is 7.68. The molecule has 2 aliphatic heterocycles. The summed E-state index contributed by atoms with van der Waals surface area (Å²) in [6.45, 7) is 9.40. The zero-order chi connectivity index (χ0) is 22.5. The van der Waals surface area contributed by atoms with Crippen molar-refractivity contribution < 1.29 is 0 Å². The Morgan fingerprint density at radius 2 is 1.62 bits per heavy atom. The third-order valence-electron chi connectivity index (χ3n) is 6.16. The van der Waals surface area contributed by atoms with Gasteiger partial charge in [-0.05, 0) is 67.4 Å². The van der Waals surface area contributed by atoms with Gasteiger partial charge in [0.15, 0.2) is 5.11 Å². The average Bonchev–Trinajstić information content (AvgIpc) is 2.78. The summed E-state index contributed by atoms with van der Waals surface area (Å²) in [7, 11) is 0. The molecule has 3 heterocycles. The van der Waals surface area contributed by atoms with Crippen molar-refractivity contribution in [3.63, 3.8) is 0 Å². The number of nitrogens with one attached hydrogen (secondary N) is 2. The lowest BCUT2D eigenvalue weighted by atomic mass is 9.92. The van der Waals surface area contributed by atoms with Crippen molar-refractivity contribution in [2.75, 3.05) is 41.3 Å². The minimum absolute atomic E-state index is 0.516. The summed E-state index contributed by atoms with van der Waals surface area (Å²) in [6.07, 6.45) is 4.98. The van der Waals surface area contributed by atoms with E-state index in [9.17, 15) is 0 Å². The van der Waals surface area contributed by atoms with Gasteiger partial charge < -0.3 is 20.4 Å². The summed E-state index contributed by atoms with van der Waals surface area (Å²) in [5.74, 6) is 3.85. The summed E-state index contributed by atoms with van der Waals surface area (Å²) in [4.78, 5) is 14.5. The van der Waals surface area contributed by atoms with Crippen molar-refractivity contribution in [1.29, 1.82) is 0 Å². The summed E-state index contributed by atoms with van der Waals surface area (Å²) < 4.78 is 0. The Labute approximate surface area is 201 Å². The number of nitrogens with zero attached hydrogens (tertiary/aromatic N) is 4. The highest BCUT2D eigenvalue weighted by Gasteiger charge is 2.25. The fraction of sp³-hybridized carbons (Fsp3) is 0.542. The molecule has 2 N–H and O–H groups in total. The van der Waals surface area contributed by atoms with Crippen molar-refractivity contribution in [2.45, 2.75) is 46.1 Å². The smallest absolute Gasteiger partial charge is 0.232 e. The summed E-state index contributed by atoms with van der Waals surface area (Å²) in [5, 5.41) is 7.72. The zero-order valence-electron chi connectivity index (χ0n) is 19.0. The molecule has 1 aromatic heterocycles. The molecule has 8 heteroatoms. The number of hydrogen-bond acceptors (Lipinski definition) is 5. The van der Waals surface area contributed by atoms with Crippen LogP contribution < -0.4 is 20.4 Å². The van der Waals surface area contributed by atoms with Crippen LogP contribution in [0.1, 0.15) is 45.1 Å². The molecular formula is C24H33ClN6S. The van der Waals surface area contributed by atoms with Crippen molar-refractivity contribution >= 4 is 46.5 Å². The number of rotatable bonds is 5. The lowest BCUT2D eigenvalue weighted by Gasteiger charge is -2.36. The maximum atomic E-state index is 5.97. The fourth-order valence-corrected chi connectivity index (χ4v) is 4.99. The lowest BCUT2D eigenvalue weighted by molar-refractivity contribution is 0.355. The average molecular weight is 473 g/mol. The van der Waals surface area contributed by atoms with Crippen molar-refractivity contribution in [3.8, 4) is 0 Å². The molecular weight excluding hydrogens is 440 g/mol. The van der Waals surface area contributed by atoms with Gasteiger partial charge in [-0.15, -0.1) is 0 Å². The Morgan fingerprint density at radius 3 is 2.28 bits per heavy atom. The summed E-state index contributed by atoms with van der Waals surface area (Å²) in [6, 6.07) is 9.90. The van der Waals surface area contributed by atoms with Gasteiger partial charge in [-0.2, -0.15) is 9.97 Å². The van der Waals surface area contributed by atoms with Crippen LogP contribution in [-0.4, -0.2) is 41.3 Å². The van der Waals surface area contributed by atoms with Crippen LogP contribution in [-0.2, 0) is 6.54 Å². The lowest BCUT2D eigenvalue weighted by Crippen LogP contribution is -2.40. The van der Waals surface area contributed by atoms with Gasteiger partial charge >= 0.3 is 0 Å². The number of hydrogen-bond donors (Lipinski definition) is 2. The van der Waals surface area contributed by atoms with Crippen LogP contribution >= 0.6 is 23.8 Å². The third-order valence-corrected chi connectivity index (χ3v) is 6.66. The van der Waals surface area contributed by atoms with E-state index in [2.05, 4.69) is 40.3 Å². The third kappa shape index (κ3) is 6.23. The van der Waals surface area contributed by atoms with Crippen LogP contribution in [0.4, 0.5) is 17.6 Å². The van der Waals surface area contributed by atoms with Crippen LogP contribution in [0.5, 0.6) is 0 Å². The molecule has 0 saturated carbocycles. The Balaban J connectivity index is 1.50. The predicted molar refractivity (Wildman–Crippen MR) is 138 cm³/mol. The Morgan fingerprint density at radius 1 is 1.00 bits per heavy atom. The van der Waals surface area contributed by atoms with Crippen molar-refractivity contribution in [1.82, 2.24) is 15.3 Å². The molecule has 32 heavy (non-hydrogen) atoms. The van der Waals surface area contributed by atoms with Gasteiger partial charge in [-0.1, -0.05) is 37.6 Å². The SMILES string of the molecule is CC1CC(C)CN(c2cc(N3CCCCC3)nc(NC(=S)NCc3ccc(Cl)cc3)n2)C1. The normalized spacial score (nSPS) is 21.3. The van der Waals surface area contributed by atoms with Crippen LogP contribution in [0, 0.1) is 11.8 Å². The first-order valence-electron chi connectivity index (χ1n) is 11.6. The van der Waals surface area contributed by atoms with Crippen molar-refractivity contribution in [2.24, 2.45) is 11.8 Å². The van der Waals surface area contributed by atoms with Gasteiger partial charge in [0.2, 0.25) is 5.95 Å². The molecule has 0 bridgehead atoms. The molecule has 2 fully saturated rings. The first-order valence-corrected chi connectivity index (χ1v) is 12.4. The second kappa shape index (κ2) is 10.7. The molecule has 0 radical (unpaired) electrons. The maximum Gasteiger partial charge on any atom is 0.232 e. The molecule has 6 nitrogen and oxygen atoms in total. The molecule has 2 aliphatic rings. The van der Waals surface area contributed by atoms with Crippen LogP contribution in [0.25, 0.3) is 0 Å². The minimum atomic E-state index is 0.516. The van der Waals surface area contributed by atoms with E-state index in [0.29, 0.717) is 29.4 Å². The van der Waals surface area contributed by atoms with E-state index in [1.54, 1.807) is 0 Å². The molecule has 2 unspecified atom stereocenters. The highest BCUT2D eigenvalue weighted by atomic mass is 35.5. The molecule has 4 rings (SSSR count). The fourth-order valence-electron chi connectivity index (χ4n) is 4.71. The Bertz CT molecular complexity index is 905. The number of benzene rings is 1. The first-order chi connectivity index (χ1) is 15.5. The molecule has 172 valence electrons. The van der Waals surface area contributed by atoms with E-state index in [4.69, 9.17) is 33.8 Å². The van der Waals surface area contributed by atoms with E-state index in [1.807, 2.05) is 24.3 Å². The van der Waals surface area contributed by atoms with Crippen LogP contribution in [0.15, 0.2) is 30.3 Å². The molecule has 0 aliphatic carbocycles. The van der Waals surface area contributed by atoms with Gasteiger partial charge in [0.05, 0.1) is 0 Å². The van der Waals surface area contributed by atoms with Gasteiger partial charge in [-0.25, -0.2) is 0 Å². The van der Waals surface area contributed by atoms with E-state index in [0.717, 1.165) is 48.4 Å². The number of aromatic nitrogens is 2. The molecule has 0 spiro atoms. The van der Waals surface area contributed by atoms with Gasteiger partial charge in [0.1, 0.15) is 11.6 Å². The van der Waals surface area contributed by atoms with Crippen molar-refractivity contribution in [3.05, 3.63) is 40.9 Å². The van der Waals surface area contributed by atoms with Gasteiger partial charge in [0.25, 0.3) is 0 Å². The monoisotopic (exact) mass is 472 g/mol. The Hall–Kier alpha value is -2.12. The largest absolute Gasteiger partial charge is 0.358 e. The number of halogens is 1. The standard InChI is InChI=1S/C24H33ClN6S/c1-17-12-18(2)16-31(15-17)22-13-21(30-10-4-3-5-11-30)27-23(28-22)29-24(32)26-14-19-6-8-20(25)9-7-19/h6-9,13,17-18H,3-5,10-12,14-16H2,1-2H3,(H2,26,27,28,29,32). The molecule has 1 aromatic carbocycles. The summed E-state index contributed by atoms with van der Waals surface area (Å²) in [5.41, 5.74) is 1.11. The van der Waals surface area contributed by atoms with Gasteiger partial charge in [-0.3, -0.25) is 0 Å². The highest BCUT2D eigenvalue weighted by molar-refractivity contribution is 7.80. The maximum absolute atomic E-state index is 5.97. The quantitative estimate of drug-likeness (QED) is 0.588. The summed E-state index contributed by atoms with van der Waals surface area (Å²) >= 11 is 11.5. The number of anilines is 3. The van der Waals surface area contributed by atoms with Crippen LogP contribution in [0.2, 0.25) is 5.02 Å². The first kappa shape index (κ1) is 23.1. The number of piperidine rings is 2. The van der Waals surface area contributed by atoms with E-state index in [1.165, 1.54) is 25.7 Å². The molecule has 0 amide bonds. The van der Waals surface area contributed by atoms with E-state index >= 15 is 0 Å². The van der Waals surface area contributed by atoms with E-state index < -0.39 is 0 Å². The second-order valence-corrected chi connectivity index (χ2v) is 10.1. The molecule has 2 atom stereocenters. The number of thiocarbonyl (C=S) groups is 1. The topological polar surface area (TPSA) is 56.3 Å². The molecule has 2 saturated heterocycles.